The summed E-state index contributed by atoms with van der Waals surface area (Å²) in [7, 11) is 0. The highest BCUT2D eigenvalue weighted by atomic mass is 35.5. The summed E-state index contributed by atoms with van der Waals surface area (Å²) in [6.07, 6.45) is -4.56. The number of hydrogen-bond donors (Lipinski definition) is 1. The van der Waals surface area contributed by atoms with Gasteiger partial charge in [0.2, 0.25) is 0 Å². The Morgan fingerprint density at radius 2 is 1.80 bits per heavy atom. The standard InChI is InChI=1S/C21H15Cl2F3N2O2/c1-12-5-8-17(19(29)27-11-13-6-7-15(22)10-18(13)23)20(30)28(12)16-4-2-3-14(9-16)21(24,25)26/h2-10H,11H2,1H3,(H,27,29). The van der Waals surface area contributed by atoms with Crippen molar-refractivity contribution in [2.75, 3.05) is 0 Å². The Hall–Kier alpha value is -2.77. The Morgan fingerprint density at radius 3 is 2.47 bits per heavy atom. The normalized spacial score (nSPS) is 11.4. The van der Waals surface area contributed by atoms with Crippen molar-refractivity contribution in [2.45, 2.75) is 19.6 Å². The molecule has 3 aromatic rings. The van der Waals surface area contributed by atoms with Gasteiger partial charge in [-0.3, -0.25) is 14.2 Å². The van der Waals surface area contributed by atoms with Crippen molar-refractivity contribution >= 4 is 29.1 Å². The molecule has 0 saturated heterocycles. The van der Waals surface area contributed by atoms with Gasteiger partial charge in [0.05, 0.1) is 5.56 Å². The van der Waals surface area contributed by atoms with Crippen LogP contribution in [0.15, 0.2) is 59.4 Å². The van der Waals surface area contributed by atoms with E-state index in [0.29, 0.717) is 21.3 Å². The van der Waals surface area contributed by atoms with Gasteiger partial charge in [0.25, 0.3) is 11.5 Å². The highest BCUT2D eigenvalue weighted by Crippen LogP contribution is 2.30. The van der Waals surface area contributed by atoms with Crippen LogP contribution >= 0.6 is 23.2 Å². The number of nitrogens with zero attached hydrogens (tertiary/aromatic N) is 1. The van der Waals surface area contributed by atoms with Gasteiger partial charge in [-0.25, -0.2) is 0 Å². The Labute approximate surface area is 179 Å². The van der Waals surface area contributed by atoms with E-state index in [-0.39, 0.29) is 17.8 Å². The molecular weight excluding hydrogens is 440 g/mol. The molecule has 0 aliphatic heterocycles. The third kappa shape index (κ3) is 4.68. The summed E-state index contributed by atoms with van der Waals surface area (Å²) in [4.78, 5) is 25.5. The second kappa shape index (κ2) is 8.53. The summed E-state index contributed by atoms with van der Waals surface area (Å²) in [5, 5.41) is 3.39. The molecule has 0 saturated carbocycles. The lowest BCUT2D eigenvalue weighted by molar-refractivity contribution is -0.137. The maximum absolute atomic E-state index is 13.0. The van der Waals surface area contributed by atoms with Crippen molar-refractivity contribution in [1.82, 2.24) is 9.88 Å². The summed E-state index contributed by atoms with van der Waals surface area (Å²) in [6, 6.07) is 12.0. The number of hydrogen-bond acceptors (Lipinski definition) is 2. The minimum absolute atomic E-state index is 0.0164. The van der Waals surface area contributed by atoms with E-state index in [2.05, 4.69) is 5.32 Å². The van der Waals surface area contributed by atoms with Crippen LogP contribution in [0.5, 0.6) is 0 Å². The van der Waals surface area contributed by atoms with E-state index in [0.717, 1.165) is 16.7 Å². The monoisotopic (exact) mass is 454 g/mol. The summed E-state index contributed by atoms with van der Waals surface area (Å²) < 4.78 is 40.2. The lowest BCUT2D eigenvalue weighted by atomic mass is 10.1. The number of benzene rings is 2. The topological polar surface area (TPSA) is 51.1 Å². The first-order valence-electron chi connectivity index (χ1n) is 8.70. The number of alkyl halides is 3. The second-order valence-electron chi connectivity index (χ2n) is 6.50. The van der Waals surface area contributed by atoms with Crippen LogP contribution in [0.2, 0.25) is 10.0 Å². The van der Waals surface area contributed by atoms with E-state index in [1.807, 2.05) is 0 Å². The fraction of sp³-hybridized carbons (Fsp3) is 0.143. The number of carbonyl (C=O) groups excluding carboxylic acids is 1. The van der Waals surface area contributed by atoms with Gasteiger partial charge in [0, 0.05) is 28.0 Å². The number of nitrogens with one attached hydrogen (secondary N) is 1. The zero-order valence-corrected chi connectivity index (χ0v) is 17.1. The Balaban J connectivity index is 1.93. The Morgan fingerprint density at radius 1 is 1.07 bits per heavy atom. The maximum atomic E-state index is 13.0. The van der Waals surface area contributed by atoms with Crippen LogP contribution in [0.1, 0.15) is 27.2 Å². The number of pyridine rings is 1. The molecule has 9 heteroatoms. The molecular formula is C21H15Cl2F3N2O2. The van der Waals surface area contributed by atoms with Gasteiger partial charge in [0.1, 0.15) is 5.56 Å². The maximum Gasteiger partial charge on any atom is 0.416 e. The molecule has 1 amide bonds. The van der Waals surface area contributed by atoms with Gasteiger partial charge < -0.3 is 5.32 Å². The molecule has 2 aromatic carbocycles. The number of aromatic nitrogens is 1. The molecule has 0 fully saturated rings. The molecule has 1 heterocycles. The quantitative estimate of drug-likeness (QED) is 0.573. The van der Waals surface area contributed by atoms with Crippen LogP contribution in [-0.2, 0) is 12.7 Å². The molecule has 156 valence electrons. The number of rotatable bonds is 4. The van der Waals surface area contributed by atoms with Gasteiger partial charge in [-0.1, -0.05) is 35.3 Å². The number of halogens is 5. The van der Waals surface area contributed by atoms with Crippen LogP contribution in [0, 0.1) is 6.92 Å². The van der Waals surface area contributed by atoms with Gasteiger partial charge in [-0.2, -0.15) is 13.2 Å². The first-order valence-corrected chi connectivity index (χ1v) is 9.46. The summed E-state index contributed by atoms with van der Waals surface area (Å²) in [5.74, 6) is -0.674. The molecule has 3 rings (SSSR count). The van der Waals surface area contributed by atoms with Crippen molar-refractivity contribution < 1.29 is 18.0 Å². The van der Waals surface area contributed by atoms with Gasteiger partial charge in [-0.05, 0) is 55.0 Å². The fourth-order valence-corrected chi connectivity index (χ4v) is 3.36. The molecule has 0 bridgehead atoms. The minimum atomic E-state index is -4.56. The van der Waals surface area contributed by atoms with Crippen molar-refractivity contribution in [1.29, 1.82) is 0 Å². The van der Waals surface area contributed by atoms with Crippen molar-refractivity contribution in [3.63, 3.8) is 0 Å². The lowest BCUT2D eigenvalue weighted by Gasteiger charge is -2.14. The molecule has 0 unspecified atom stereocenters. The molecule has 1 aromatic heterocycles. The first-order chi connectivity index (χ1) is 14.1. The van der Waals surface area contributed by atoms with E-state index in [1.54, 1.807) is 19.1 Å². The van der Waals surface area contributed by atoms with E-state index >= 15 is 0 Å². The largest absolute Gasteiger partial charge is 0.416 e. The fourth-order valence-electron chi connectivity index (χ4n) is 2.88. The smallest absolute Gasteiger partial charge is 0.348 e. The van der Waals surface area contributed by atoms with Gasteiger partial charge >= 0.3 is 6.18 Å². The summed E-state index contributed by atoms with van der Waals surface area (Å²) >= 11 is 11.9. The van der Waals surface area contributed by atoms with E-state index in [4.69, 9.17) is 23.2 Å². The predicted octanol–water partition coefficient (Wildman–Crippen LogP) is 5.40. The molecule has 0 aliphatic carbocycles. The lowest BCUT2D eigenvalue weighted by Crippen LogP contribution is -2.33. The van der Waals surface area contributed by atoms with Crippen molar-refractivity contribution in [3.05, 3.63) is 97.4 Å². The predicted molar refractivity (Wildman–Crippen MR) is 109 cm³/mol. The SMILES string of the molecule is Cc1ccc(C(=O)NCc2ccc(Cl)cc2Cl)c(=O)n1-c1cccc(C(F)(F)F)c1. The molecule has 0 radical (unpaired) electrons. The average molecular weight is 455 g/mol. The van der Waals surface area contributed by atoms with Crippen molar-refractivity contribution in [2.24, 2.45) is 0 Å². The summed E-state index contributed by atoms with van der Waals surface area (Å²) in [6.45, 7) is 1.61. The van der Waals surface area contributed by atoms with E-state index in [9.17, 15) is 22.8 Å². The van der Waals surface area contributed by atoms with Crippen molar-refractivity contribution in [3.8, 4) is 5.69 Å². The number of carbonyl (C=O) groups is 1. The van der Waals surface area contributed by atoms with E-state index < -0.39 is 23.2 Å². The molecule has 0 aliphatic rings. The second-order valence-corrected chi connectivity index (χ2v) is 7.34. The zero-order valence-electron chi connectivity index (χ0n) is 15.6. The van der Waals surface area contributed by atoms with Crippen LogP contribution in [0.4, 0.5) is 13.2 Å². The zero-order chi connectivity index (χ0) is 22.1. The molecule has 0 spiro atoms. The minimum Gasteiger partial charge on any atom is -0.348 e. The van der Waals surface area contributed by atoms with Gasteiger partial charge in [0.15, 0.2) is 0 Å². The highest BCUT2D eigenvalue weighted by Gasteiger charge is 2.30. The van der Waals surface area contributed by atoms with Crippen LogP contribution in [-0.4, -0.2) is 10.5 Å². The molecule has 4 nitrogen and oxygen atoms in total. The Kier molecular flexibility index (Phi) is 6.24. The molecule has 30 heavy (non-hydrogen) atoms. The number of amides is 1. The van der Waals surface area contributed by atoms with Crippen LogP contribution < -0.4 is 10.9 Å². The Bertz CT molecular complexity index is 1170. The summed E-state index contributed by atoms with van der Waals surface area (Å²) in [5.41, 5.74) is -0.824. The van der Waals surface area contributed by atoms with Crippen LogP contribution in [0.25, 0.3) is 5.69 Å². The third-order valence-corrected chi connectivity index (χ3v) is 5.00. The highest BCUT2D eigenvalue weighted by molar-refractivity contribution is 6.35. The average Bonchev–Trinajstić information content (AvgIpc) is 2.67. The van der Waals surface area contributed by atoms with Crippen LogP contribution in [0.3, 0.4) is 0 Å². The number of aryl methyl sites for hydroxylation is 1. The van der Waals surface area contributed by atoms with E-state index in [1.165, 1.54) is 30.3 Å². The molecule has 1 N–H and O–H groups in total. The van der Waals surface area contributed by atoms with Gasteiger partial charge in [-0.15, -0.1) is 0 Å². The molecule has 0 atom stereocenters. The third-order valence-electron chi connectivity index (χ3n) is 4.41. The first kappa shape index (κ1) is 21.9.